The van der Waals surface area contributed by atoms with Gasteiger partial charge in [0.1, 0.15) is 33.5 Å². The molecule has 9 rings (SSSR count). The Hall–Kier alpha value is -7.02. The highest BCUT2D eigenvalue weighted by Gasteiger charge is 2.21. The second kappa shape index (κ2) is 14.9. The number of benzene rings is 6. The molecule has 3 aromatic heterocycles. The standard InChI is InChI=1S/C49H36O3.C2H2/c1-3-37-42-31-43-41-30-36(34-20-12-7-13-21-34)24-28-47(41)52-49(43)39(48(42)51-45(37)22-14-17-32-15-8-5-9-16-32)26-25-38-40-29-35(33-18-10-6-11-19-33)23-27-46(40)50-44(38)4-2;1-2/h3-16,18-25,27-31H,1,17,26H2,2H3;1-2H/b22-14-,38-25-,44-4+;. The van der Waals surface area contributed by atoms with Crippen molar-refractivity contribution in [2.24, 2.45) is 0 Å². The van der Waals surface area contributed by atoms with Crippen LogP contribution in [0.3, 0.4) is 0 Å². The van der Waals surface area contributed by atoms with Gasteiger partial charge in [-0.05, 0) is 90.1 Å². The van der Waals surface area contributed by atoms with Gasteiger partial charge in [0.05, 0.1) is 0 Å². The Labute approximate surface area is 314 Å². The van der Waals surface area contributed by atoms with Gasteiger partial charge in [0, 0.05) is 37.9 Å². The van der Waals surface area contributed by atoms with Gasteiger partial charge in [-0.3, -0.25) is 0 Å². The summed E-state index contributed by atoms with van der Waals surface area (Å²) in [6.45, 7) is 6.25. The van der Waals surface area contributed by atoms with Gasteiger partial charge in [0.2, 0.25) is 0 Å². The molecule has 3 heteroatoms. The van der Waals surface area contributed by atoms with E-state index in [4.69, 9.17) is 13.3 Å². The topological polar surface area (TPSA) is 39.4 Å². The lowest BCUT2D eigenvalue weighted by Gasteiger charge is -2.03. The molecule has 54 heavy (non-hydrogen) atoms. The molecule has 0 radical (unpaired) electrons. The Bertz CT molecular complexity index is 2950. The lowest BCUT2D eigenvalue weighted by molar-refractivity contribution is 0.574. The lowest BCUT2D eigenvalue weighted by atomic mass is 9.98. The lowest BCUT2D eigenvalue weighted by Crippen LogP contribution is -2.19. The molecule has 260 valence electrons. The van der Waals surface area contributed by atoms with Crippen molar-refractivity contribution in [2.75, 3.05) is 0 Å². The van der Waals surface area contributed by atoms with Gasteiger partial charge in [0.15, 0.2) is 0 Å². The van der Waals surface area contributed by atoms with E-state index in [0.717, 1.165) is 88.9 Å². The van der Waals surface area contributed by atoms with Crippen LogP contribution in [0.1, 0.15) is 29.4 Å². The molecule has 0 unspecified atom stereocenters. The number of terminal acetylenes is 1. The normalized spacial score (nSPS) is 12.3. The molecule has 0 atom stereocenters. The summed E-state index contributed by atoms with van der Waals surface area (Å²) in [5.41, 5.74) is 12.0. The molecule has 3 heterocycles. The molecular weight excluding hydrogens is 661 g/mol. The predicted octanol–water partition coefficient (Wildman–Crippen LogP) is 12.4. The van der Waals surface area contributed by atoms with Gasteiger partial charge >= 0.3 is 0 Å². The van der Waals surface area contributed by atoms with Gasteiger partial charge in [-0.2, -0.15) is 0 Å². The number of hydrogen-bond acceptors (Lipinski definition) is 3. The average Bonchev–Trinajstić information content (AvgIpc) is 3.91. The van der Waals surface area contributed by atoms with Crippen LogP contribution < -0.4 is 10.6 Å². The van der Waals surface area contributed by atoms with Gasteiger partial charge in [0.25, 0.3) is 0 Å². The van der Waals surface area contributed by atoms with Crippen LogP contribution in [0.15, 0.2) is 159 Å². The molecule has 0 N–H and O–H groups in total. The van der Waals surface area contributed by atoms with Crippen LogP contribution in [0.2, 0.25) is 0 Å². The molecule has 0 fully saturated rings. The second-order valence-electron chi connectivity index (χ2n) is 13.1. The maximum Gasteiger partial charge on any atom is 0.142 e. The maximum atomic E-state index is 6.78. The fourth-order valence-electron chi connectivity index (χ4n) is 7.39. The van der Waals surface area contributed by atoms with Crippen molar-refractivity contribution >= 4 is 68.2 Å². The van der Waals surface area contributed by atoms with Crippen molar-refractivity contribution in [1.29, 1.82) is 0 Å². The van der Waals surface area contributed by atoms with Crippen molar-refractivity contribution in [3.05, 3.63) is 179 Å². The molecule has 0 amide bonds. The molecule has 0 aliphatic rings. The third kappa shape index (κ3) is 6.25. The largest absolute Gasteiger partial charge is 0.456 e. The Morgan fingerprint density at radius 1 is 0.574 bits per heavy atom. The van der Waals surface area contributed by atoms with Crippen molar-refractivity contribution in [2.45, 2.75) is 19.8 Å². The predicted molar refractivity (Wildman–Crippen MR) is 227 cm³/mol. The van der Waals surface area contributed by atoms with Gasteiger partial charge in [-0.15, -0.1) is 12.8 Å². The summed E-state index contributed by atoms with van der Waals surface area (Å²) >= 11 is 0. The van der Waals surface area contributed by atoms with E-state index in [-0.39, 0.29) is 0 Å². The molecule has 0 spiro atoms. The number of allylic oxidation sites excluding steroid dienone is 1. The van der Waals surface area contributed by atoms with Crippen molar-refractivity contribution in [1.82, 2.24) is 0 Å². The molecule has 0 aliphatic carbocycles. The maximum absolute atomic E-state index is 6.78. The van der Waals surface area contributed by atoms with Gasteiger partial charge < -0.3 is 13.3 Å². The van der Waals surface area contributed by atoms with Crippen molar-refractivity contribution in [3.8, 4) is 35.1 Å². The highest BCUT2D eigenvalue weighted by atomic mass is 16.3. The third-order valence-electron chi connectivity index (χ3n) is 9.99. The van der Waals surface area contributed by atoms with E-state index >= 15 is 0 Å². The SMILES string of the molecule is C#C.C=Cc1c(/C=C\Cc2ccccc2)oc2c(C/C=c3\c(=C/C)oc4ccc(-c5ccccc5)cc34)c3oc4ccc(-c5ccccc5)cc4c3cc12. The number of hydrogen-bond donors (Lipinski definition) is 0. The highest BCUT2D eigenvalue weighted by Crippen LogP contribution is 2.41. The number of fused-ring (bicyclic) bond motifs is 5. The molecule has 9 aromatic rings. The molecule has 0 aliphatic heterocycles. The van der Waals surface area contributed by atoms with E-state index in [2.05, 4.69) is 153 Å². The number of furan rings is 3. The van der Waals surface area contributed by atoms with E-state index in [1.807, 2.05) is 37.3 Å². The number of rotatable bonds is 8. The Morgan fingerprint density at radius 3 is 1.80 bits per heavy atom. The van der Waals surface area contributed by atoms with Gasteiger partial charge in [-0.1, -0.05) is 128 Å². The summed E-state index contributed by atoms with van der Waals surface area (Å²) in [6, 6.07) is 46.5. The fourth-order valence-corrected chi connectivity index (χ4v) is 7.39. The summed E-state index contributed by atoms with van der Waals surface area (Å²) < 4.78 is 19.9. The summed E-state index contributed by atoms with van der Waals surface area (Å²) in [6.07, 6.45) is 19.8. The molecule has 0 saturated carbocycles. The molecule has 3 nitrogen and oxygen atoms in total. The second-order valence-corrected chi connectivity index (χ2v) is 13.1. The zero-order valence-electron chi connectivity index (χ0n) is 30.1. The highest BCUT2D eigenvalue weighted by molar-refractivity contribution is 6.14. The zero-order valence-corrected chi connectivity index (χ0v) is 30.1. The minimum Gasteiger partial charge on any atom is -0.456 e. The fraction of sp³-hybridized carbons (Fsp3) is 0.0588. The van der Waals surface area contributed by atoms with E-state index in [1.165, 1.54) is 16.7 Å². The van der Waals surface area contributed by atoms with Crippen LogP contribution in [0.25, 0.3) is 90.4 Å². The molecule has 0 bridgehead atoms. The summed E-state index contributed by atoms with van der Waals surface area (Å²) in [5, 5.41) is 5.27. The smallest absolute Gasteiger partial charge is 0.142 e. The quantitative estimate of drug-likeness (QED) is 0.148. The van der Waals surface area contributed by atoms with E-state index in [9.17, 15) is 0 Å². The first-order chi connectivity index (χ1) is 26.7. The monoisotopic (exact) mass is 698 g/mol. The van der Waals surface area contributed by atoms with E-state index < -0.39 is 0 Å². The summed E-state index contributed by atoms with van der Waals surface area (Å²) in [4.78, 5) is 0. The van der Waals surface area contributed by atoms with Crippen molar-refractivity contribution in [3.63, 3.8) is 0 Å². The molecule has 0 saturated heterocycles. The summed E-state index contributed by atoms with van der Waals surface area (Å²) in [7, 11) is 0. The van der Waals surface area contributed by atoms with Crippen LogP contribution in [-0.4, -0.2) is 0 Å². The Morgan fingerprint density at radius 2 is 1.17 bits per heavy atom. The van der Waals surface area contributed by atoms with E-state index in [1.54, 1.807) is 0 Å². The van der Waals surface area contributed by atoms with E-state index in [0.29, 0.717) is 6.42 Å². The Balaban J connectivity index is 0.00000203. The van der Waals surface area contributed by atoms with Crippen LogP contribution in [-0.2, 0) is 12.8 Å². The van der Waals surface area contributed by atoms with Crippen LogP contribution in [0.4, 0.5) is 0 Å². The van der Waals surface area contributed by atoms with Crippen LogP contribution >= 0.6 is 0 Å². The first kappa shape index (κ1) is 34.1. The Kier molecular flexibility index (Phi) is 9.41. The van der Waals surface area contributed by atoms with Crippen LogP contribution in [0.5, 0.6) is 0 Å². The summed E-state index contributed by atoms with van der Waals surface area (Å²) in [5.74, 6) is 0.785. The zero-order chi connectivity index (χ0) is 37.0. The minimum atomic E-state index is 0.571. The van der Waals surface area contributed by atoms with Gasteiger partial charge in [-0.25, -0.2) is 0 Å². The van der Waals surface area contributed by atoms with Crippen LogP contribution in [0, 0.1) is 12.8 Å². The average molecular weight is 699 g/mol. The van der Waals surface area contributed by atoms with Crippen molar-refractivity contribution < 1.29 is 13.3 Å². The third-order valence-corrected chi connectivity index (χ3v) is 9.99. The molecule has 6 aromatic carbocycles. The molecular formula is C51H38O3. The minimum absolute atomic E-state index is 0.571. The first-order valence-electron chi connectivity index (χ1n) is 18.1. The first-order valence-corrected chi connectivity index (χ1v) is 18.1.